The summed E-state index contributed by atoms with van der Waals surface area (Å²) in [6, 6.07) is 18.7. The van der Waals surface area contributed by atoms with E-state index >= 15 is 0 Å². The fraction of sp³-hybridized carbons (Fsp3) is 0.192. The maximum Gasteiger partial charge on any atom is 0.306 e. The zero-order valence-electron chi connectivity index (χ0n) is 19.7. The number of nitrogens with one attached hydrogen (secondary N) is 2. The van der Waals surface area contributed by atoms with Gasteiger partial charge in [0.2, 0.25) is 5.91 Å². The standard InChI is InChI=1S/C26H25ClN2O7/c1-33-19-8-10-21(11-9-19)36-20-6-4-18(5-7-20)28-24(30)13-14-26(32)35-16-25(31)29-22-15-17(27)3-12-23(22)34-2/h3-12,15H,13-14,16H2,1-2H3,(H,28,30)(H,29,31). The van der Waals surface area contributed by atoms with E-state index in [1.54, 1.807) is 67.8 Å². The van der Waals surface area contributed by atoms with Crippen molar-refractivity contribution in [1.29, 1.82) is 0 Å². The molecule has 0 fully saturated rings. The van der Waals surface area contributed by atoms with Crippen molar-refractivity contribution in [1.82, 2.24) is 0 Å². The van der Waals surface area contributed by atoms with Crippen LogP contribution in [0.4, 0.5) is 11.4 Å². The second-order valence-electron chi connectivity index (χ2n) is 7.40. The molecule has 36 heavy (non-hydrogen) atoms. The molecule has 3 aromatic carbocycles. The highest BCUT2D eigenvalue weighted by molar-refractivity contribution is 6.31. The third kappa shape index (κ3) is 8.21. The summed E-state index contributed by atoms with van der Waals surface area (Å²) in [5, 5.41) is 5.66. The summed E-state index contributed by atoms with van der Waals surface area (Å²) in [6.45, 7) is -0.508. The number of ether oxygens (including phenoxy) is 4. The molecular weight excluding hydrogens is 488 g/mol. The minimum Gasteiger partial charge on any atom is -0.497 e. The van der Waals surface area contributed by atoms with Crippen LogP contribution in [0.5, 0.6) is 23.0 Å². The topological polar surface area (TPSA) is 112 Å². The van der Waals surface area contributed by atoms with Crippen LogP contribution in [0.15, 0.2) is 66.7 Å². The lowest BCUT2D eigenvalue weighted by atomic mass is 10.2. The van der Waals surface area contributed by atoms with Crippen molar-refractivity contribution in [2.75, 3.05) is 31.5 Å². The molecule has 0 saturated carbocycles. The van der Waals surface area contributed by atoms with Crippen LogP contribution >= 0.6 is 11.6 Å². The van der Waals surface area contributed by atoms with Crippen LogP contribution in [0.2, 0.25) is 5.02 Å². The lowest BCUT2D eigenvalue weighted by Crippen LogP contribution is -2.22. The summed E-state index contributed by atoms with van der Waals surface area (Å²) in [5.74, 6) is 0.763. The number of esters is 1. The Kier molecular flexibility index (Phi) is 9.53. The minimum atomic E-state index is -0.679. The van der Waals surface area contributed by atoms with Crippen molar-refractivity contribution in [2.24, 2.45) is 0 Å². The van der Waals surface area contributed by atoms with E-state index in [0.29, 0.717) is 33.6 Å². The number of carbonyl (C=O) groups excluding carboxylic acids is 3. The second kappa shape index (κ2) is 13.0. The SMILES string of the molecule is COc1ccc(Oc2ccc(NC(=O)CCC(=O)OCC(=O)Nc3cc(Cl)ccc3OC)cc2)cc1. The van der Waals surface area contributed by atoms with Crippen molar-refractivity contribution in [3.8, 4) is 23.0 Å². The highest BCUT2D eigenvalue weighted by atomic mass is 35.5. The van der Waals surface area contributed by atoms with Gasteiger partial charge in [-0.15, -0.1) is 0 Å². The summed E-state index contributed by atoms with van der Waals surface area (Å²) in [7, 11) is 3.04. The highest BCUT2D eigenvalue weighted by Gasteiger charge is 2.13. The molecule has 3 aromatic rings. The van der Waals surface area contributed by atoms with Crippen molar-refractivity contribution in [3.63, 3.8) is 0 Å². The zero-order chi connectivity index (χ0) is 25.9. The smallest absolute Gasteiger partial charge is 0.306 e. The fourth-order valence-corrected chi connectivity index (χ4v) is 3.18. The molecule has 0 bridgehead atoms. The average molecular weight is 513 g/mol. The van der Waals surface area contributed by atoms with E-state index in [4.69, 9.17) is 30.5 Å². The normalized spacial score (nSPS) is 10.2. The molecule has 0 spiro atoms. The van der Waals surface area contributed by atoms with Crippen LogP contribution < -0.4 is 24.8 Å². The van der Waals surface area contributed by atoms with Gasteiger partial charge in [0.1, 0.15) is 23.0 Å². The molecule has 2 N–H and O–H groups in total. The van der Waals surface area contributed by atoms with Crippen LogP contribution in [-0.4, -0.2) is 38.6 Å². The Bertz CT molecular complexity index is 1200. The molecule has 0 aromatic heterocycles. The molecule has 10 heteroatoms. The number of hydrogen-bond donors (Lipinski definition) is 2. The van der Waals surface area contributed by atoms with Crippen LogP contribution in [0.3, 0.4) is 0 Å². The number of benzene rings is 3. The summed E-state index contributed by atoms with van der Waals surface area (Å²) in [5.41, 5.74) is 0.899. The van der Waals surface area contributed by atoms with E-state index in [0.717, 1.165) is 5.75 Å². The number of methoxy groups -OCH3 is 2. The van der Waals surface area contributed by atoms with Crippen molar-refractivity contribution < 1.29 is 33.3 Å². The molecule has 0 heterocycles. The lowest BCUT2D eigenvalue weighted by Gasteiger charge is -2.11. The Morgan fingerprint density at radius 1 is 0.750 bits per heavy atom. The first-order valence-electron chi connectivity index (χ1n) is 10.9. The lowest BCUT2D eigenvalue weighted by molar-refractivity contribution is -0.147. The molecule has 0 aliphatic rings. The summed E-state index contributed by atoms with van der Waals surface area (Å²) in [4.78, 5) is 36.2. The van der Waals surface area contributed by atoms with Gasteiger partial charge in [0, 0.05) is 17.1 Å². The summed E-state index contributed by atoms with van der Waals surface area (Å²) >= 11 is 5.92. The molecule has 0 atom stereocenters. The first-order chi connectivity index (χ1) is 17.4. The number of hydrogen-bond acceptors (Lipinski definition) is 7. The highest BCUT2D eigenvalue weighted by Crippen LogP contribution is 2.28. The summed E-state index contributed by atoms with van der Waals surface area (Å²) in [6.07, 6.45) is -0.287. The molecule has 0 aliphatic carbocycles. The van der Waals surface area contributed by atoms with Gasteiger partial charge >= 0.3 is 5.97 Å². The van der Waals surface area contributed by atoms with E-state index in [9.17, 15) is 14.4 Å². The first-order valence-corrected chi connectivity index (χ1v) is 11.2. The van der Waals surface area contributed by atoms with Gasteiger partial charge in [-0.2, -0.15) is 0 Å². The Morgan fingerprint density at radius 3 is 2.03 bits per heavy atom. The maximum atomic E-state index is 12.2. The average Bonchev–Trinajstić information content (AvgIpc) is 2.88. The van der Waals surface area contributed by atoms with Gasteiger partial charge in [0.05, 0.1) is 26.3 Å². The number of rotatable bonds is 11. The van der Waals surface area contributed by atoms with Gasteiger partial charge < -0.3 is 29.6 Å². The third-order valence-electron chi connectivity index (χ3n) is 4.79. The third-order valence-corrected chi connectivity index (χ3v) is 5.02. The largest absolute Gasteiger partial charge is 0.497 e. The van der Waals surface area contributed by atoms with E-state index in [1.807, 2.05) is 0 Å². The molecule has 0 aliphatic heterocycles. The van der Waals surface area contributed by atoms with Crippen LogP contribution in [0, 0.1) is 0 Å². The van der Waals surface area contributed by atoms with Crippen LogP contribution in [0.25, 0.3) is 0 Å². The van der Waals surface area contributed by atoms with Crippen LogP contribution in [-0.2, 0) is 19.1 Å². The second-order valence-corrected chi connectivity index (χ2v) is 7.84. The number of halogens is 1. The fourth-order valence-electron chi connectivity index (χ4n) is 3.01. The summed E-state index contributed by atoms with van der Waals surface area (Å²) < 4.78 is 20.9. The van der Waals surface area contributed by atoms with Gasteiger partial charge in [-0.3, -0.25) is 14.4 Å². The zero-order valence-corrected chi connectivity index (χ0v) is 20.5. The molecule has 188 valence electrons. The first kappa shape index (κ1) is 26.4. The molecule has 0 unspecified atom stereocenters. The van der Waals surface area contributed by atoms with E-state index in [1.165, 1.54) is 13.2 Å². The Balaban J connectivity index is 1.38. The van der Waals surface area contributed by atoms with Crippen molar-refractivity contribution in [3.05, 3.63) is 71.8 Å². The van der Waals surface area contributed by atoms with E-state index < -0.39 is 18.5 Å². The maximum absolute atomic E-state index is 12.2. The number of carbonyl (C=O) groups is 3. The van der Waals surface area contributed by atoms with E-state index in [-0.39, 0.29) is 18.7 Å². The Labute approximate surface area is 213 Å². The Hall–Kier alpha value is -4.24. The quantitative estimate of drug-likeness (QED) is 0.346. The molecule has 9 nitrogen and oxygen atoms in total. The van der Waals surface area contributed by atoms with Gasteiger partial charge in [0.25, 0.3) is 5.91 Å². The van der Waals surface area contributed by atoms with Gasteiger partial charge in [-0.05, 0) is 66.7 Å². The predicted octanol–water partition coefficient (Wildman–Crippen LogP) is 5.05. The molecule has 2 amide bonds. The molecular formula is C26H25ClN2O7. The van der Waals surface area contributed by atoms with Gasteiger partial charge in [0.15, 0.2) is 6.61 Å². The number of anilines is 2. The molecule has 3 rings (SSSR count). The van der Waals surface area contributed by atoms with Crippen molar-refractivity contribution in [2.45, 2.75) is 12.8 Å². The van der Waals surface area contributed by atoms with E-state index in [2.05, 4.69) is 10.6 Å². The van der Waals surface area contributed by atoms with Crippen LogP contribution in [0.1, 0.15) is 12.8 Å². The number of amides is 2. The predicted molar refractivity (Wildman–Crippen MR) is 135 cm³/mol. The van der Waals surface area contributed by atoms with Crippen molar-refractivity contribution >= 4 is 40.8 Å². The van der Waals surface area contributed by atoms with Gasteiger partial charge in [-0.25, -0.2) is 0 Å². The Morgan fingerprint density at radius 2 is 1.39 bits per heavy atom. The minimum absolute atomic E-state index is 0.104. The monoisotopic (exact) mass is 512 g/mol. The molecule has 0 radical (unpaired) electrons. The molecule has 0 saturated heterocycles. The van der Waals surface area contributed by atoms with Gasteiger partial charge in [-0.1, -0.05) is 11.6 Å².